The van der Waals surface area contributed by atoms with Gasteiger partial charge in [0, 0.05) is 62.1 Å². The number of nitrogens with zero attached hydrogens (tertiary/aromatic N) is 6. The van der Waals surface area contributed by atoms with E-state index >= 15 is 0 Å². The zero-order chi connectivity index (χ0) is 37.0. The van der Waals surface area contributed by atoms with E-state index in [1.165, 1.54) is 10.8 Å². The fraction of sp³-hybridized carbons (Fsp3) is 0. The first kappa shape index (κ1) is 31.7. The van der Waals surface area contributed by atoms with Crippen molar-refractivity contribution in [3.8, 4) is 62.2 Å². The Bertz CT molecular complexity index is 3210. The SMILES string of the molecule is c1ccc(-c2nc(-c3cccc(-c4ccccn4)c3)nc(-c3cc(-c4ccnc5c4oc4ccccc45)cc(-n4c5ccccc5c5ccccc54)c3)n2)cc1. The fourth-order valence-electron chi connectivity index (χ4n) is 7.76. The maximum Gasteiger partial charge on any atom is 0.164 e. The maximum absolute atomic E-state index is 6.54. The highest BCUT2D eigenvalue weighted by Crippen LogP contribution is 2.39. The lowest BCUT2D eigenvalue weighted by atomic mass is 10.0. The average molecular weight is 719 g/mol. The molecule has 0 N–H and O–H groups in total. The molecule has 5 heterocycles. The van der Waals surface area contributed by atoms with E-state index < -0.39 is 0 Å². The molecule has 6 aromatic carbocycles. The molecule has 0 atom stereocenters. The highest BCUT2D eigenvalue weighted by molar-refractivity contribution is 6.10. The average Bonchev–Trinajstić information content (AvgIpc) is 3.83. The summed E-state index contributed by atoms with van der Waals surface area (Å²) in [6.45, 7) is 0. The first-order chi connectivity index (χ1) is 27.7. The van der Waals surface area contributed by atoms with E-state index in [1.807, 2.05) is 91.1 Å². The Morgan fingerprint density at radius 3 is 1.79 bits per heavy atom. The van der Waals surface area contributed by atoms with Gasteiger partial charge in [-0.1, -0.05) is 103 Å². The van der Waals surface area contributed by atoms with Gasteiger partial charge < -0.3 is 8.98 Å². The van der Waals surface area contributed by atoms with Gasteiger partial charge in [-0.05, 0) is 72.3 Å². The number of pyridine rings is 2. The van der Waals surface area contributed by atoms with Crippen LogP contribution >= 0.6 is 0 Å². The Hall–Kier alpha value is -7.77. The molecule has 0 unspecified atom stereocenters. The number of benzene rings is 6. The Kier molecular flexibility index (Phi) is 7.35. The van der Waals surface area contributed by atoms with Gasteiger partial charge in [-0.3, -0.25) is 9.97 Å². The van der Waals surface area contributed by atoms with Crippen molar-refractivity contribution in [3.05, 3.63) is 182 Å². The Morgan fingerprint density at radius 2 is 1.02 bits per heavy atom. The van der Waals surface area contributed by atoms with Crippen LogP contribution in [0.25, 0.3) is 106 Å². The zero-order valence-electron chi connectivity index (χ0n) is 29.9. The normalized spacial score (nSPS) is 11.6. The number of aromatic nitrogens is 6. The number of fused-ring (bicyclic) bond motifs is 6. The molecule has 0 saturated carbocycles. The summed E-state index contributed by atoms with van der Waals surface area (Å²) in [6.07, 6.45) is 3.66. The molecule has 11 rings (SSSR count). The topological polar surface area (TPSA) is 82.5 Å². The monoisotopic (exact) mass is 718 g/mol. The van der Waals surface area contributed by atoms with Crippen LogP contribution in [0.3, 0.4) is 0 Å². The number of hydrogen-bond donors (Lipinski definition) is 0. The summed E-state index contributed by atoms with van der Waals surface area (Å²) >= 11 is 0. The lowest BCUT2D eigenvalue weighted by molar-refractivity contribution is 0.669. The Balaban J connectivity index is 1.19. The third kappa shape index (κ3) is 5.33. The molecule has 0 aliphatic rings. The largest absolute Gasteiger partial charge is 0.454 e. The summed E-state index contributed by atoms with van der Waals surface area (Å²) in [4.78, 5) is 24.8. The van der Waals surface area contributed by atoms with Gasteiger partial charge in [-0.15, -0.1) is 0 Å². The third-order valence-electron chi connectivity index (χ3n) is 10.3. The van der Waals surface area contributed by atoms with Gasteiger partial charge in [0.2, 0.25) is 0 Å². The van der Waals surface area contributed by atoms with Crippen LogP contribution in [0, 0.1) is 0 Å². The van der Waals surface area contributed by atoms with E-state index in [2.05, 4.69) is 94.5 Å². The van der Waals surface area contributed by atoms with Crippen LogP contribution in [0.1, 0.15) is 0 Å². The van der Waals surface area contributed by atoms with Gasteiger partial charge >= 0.3 is 0 Å². The van der Waals surface area contributed by atoms with Crippen molar-refractivity contribution in [2.75, 3.05) is 0 Å². The molecule has 56 heavy (non-hydrogen) atoms. The van der Waals surface area contributed by atoms with Gasteiger partial charge in [0.1, 0.15) is 11.1 Å². The summed E-state index contributed by atoms with van der Waals surface area (Å²) < 4.78 is 8.87. The van der Waals surface area contributed by atoms with Crippen LogP contribution in [-0.4, -0.2) is 29.5 Å². The maximum atomic E-state index is 6.54. The second-order valence-electron chi connectivity index (χ2n) is 13.7. The Morgan fingerprint density at radius 1 is 0.411 bits per heavy atom. The van der Waals surface area contributed by atoms with Crippen molar-refractivity contribution >= 4 is 43.9 Å². The molecule has 0 bridgehead atoms. The Labute approximate surface area is 321 Å². The molecule has 7 heteroatoms. The molecule has 0 amide bonds. The number of furan rings is 1. The van der Waals surface area contributed by atoms with Gasteiger partial charge in [0.05, 0.1) is 16.7 Å². The molecule has 5 aromatic heterocycles. The molecule has 0 radical (unpaired) electrons. The molecule has 0 saturated heterocycles. The third-order valence-corrected chi connectivity index (χ3v) is 10.3. The molecular formula is C49H30N6O. The summed E-state index contributed by atoms with van der Waals surface area (Å²) in [7, 11) is 0. The van der Waals surface area contributed by atoms with Crippen LogP contribution in [0.2, 0.25) is 0 Å². The minimum Gasteiger partial charge on any atom is -0.454 e. The van der Waals surface area contributed by atoms with Crippen LogP contribution in [0.5, 0.6) is 0 Å². The molecule has 0 fully saturated rings. The van der Waals surface area contributed by atoms with Crippen molar-refractivity contribution in [3.63, 3.8) is 0 Å². The summed E-state index contributed by atoms with van der Waals surface area (Å²) in [6, 6.07) is 57.9. The van der Waals surface area contributed by atoms with E-state index in [-0.39, 0.29) is 0 Å². The highest BCUT2D eigenvalue weighted by atomic mass is 16.3. The predicted octanol–water partition coefficient (Wildman–Crippen LogP) is 12.0. The van der Waals surface area contributed by atoms with Crippen molar-refractivity contribution in [1.82, 2.24) is 29.5 Å². The van der Waals surface area contributed by atoms with Crippen molar-refractivity contribution in [1.29, 1.82) is 0 Å². The number of para-hydroxylation sites is 3. The van der Waals surface area contributed by atoms with E-state index in [1.54, 1.807) is 6.20 Å². The first-order valence-corrected chi connectivity index (χ1v) is 18.5. The fourth-order valence-corrected chi connectivity index (χ4v) is 7.76. The van der Waals surface area contributed by atoms with Gasteiger partial charge in [0.25, 0.3) is 0 Å². The second-order valence-corrected chi connectivity index (χ2v) is 13.7. The molecule has 0 aliphatic heterocycles. The zero-order valence-corrected chi connectivity index (χ0v) is 29.9. The van der Waals surface area contributed by atoms with Crippen LogP contribution in [0.4, 0.5) is 0 Å². The summed E-state index contributed by atoms with van der Waals surface area (Å²) in [5.41, 5.74) is 11.9. The molecule has 0 spiro atoms. The minimum absolute atomic E-state index is 0.552. The quantitative estimate of drug-likeness (QED) is 0.170. The van der Waals surface area contributed by atoms with Crippen LogP contribution < -0.4 is 0 Å². The lowest BCUT2D eigenvalue weighted by Crippen LogP contribution is -2.02. The van der Waals surface area contributed by atoms with Crippen LogP contribution in [-0.2, 0) is 0 Å². The number of hydrogen-bond acceptors (Lipinski definition) is 6. The molecule has 0 aliphatic carbocycles. The molecule has 7 nitrogen and oxygen atoms in total. The standard InChI is InChI=1S/C49H30N6O/c1-2-13-31(14-3-1)47-52-48(33-16-12-15-32(27-33)41-20-10-11-25-50-41)54-49(53-47)35-28-34(37-24-26-51-45-40-19-6-9-23-44(40)56-46(37)45)29-36(30-35)55-42-21-7-4-17-38(42)39-18-5-8-22-43(39)55/h1-30H. The molecule has 11 aromatic rings. The summed E-state index contributed by atoms with van der Waals surface area (Å²) in [5.74, 6) is 1.70. The predicted molar refractivity (Wildman–Crippen MR) is 224 cm³/mol. The smallest absolute Gasteiger partial charge is 0.164 e. The van der Waals surface area contributed by atoms with E-state index in [4.69, 9.17) is 24.4 Å². The van der Waals surface area contributed by atoms with Crippen LogP contribution in [0.15, 0.2) is 187 Å². The van der Waals surface area contributed by atoms with E-state index in [0.29, 0.717) is 17.5 Å². The summed E-state index contributed by atoms with van der Waals surface area (Å²) in [5, 5.41) is 3.34. The van der Waals surface area contributed by atoms with Gasteiger partial charge in [-0.2, -0.15) is 0 Å². The minimum atomic E-state index is 0.552. The van der Waals surface area contributed by atoms with E-state index in [0.717, 1.165) is 77.9 Å². The lowest BCUT2D eigenvalue weighted by Gasteiger charge is -2.14. The second kappa shape index (κ2) is 13.0. The number of rotatable bonds is 6. The first-order valence-electron chi connectivity index (χ1n) is 18.5. The highest BCUT2D eigenvalue weighted by Gasteiger charge is 2.20. The van der Waals surface area contributed by atoms with Crippen molar-refractivity contribution < 1.29 is 4.42 Å². The van der Waals surface area contributed by atoms with Crippen molar-refractivity contribution in [2.45, 2.75) is 0 Å². The van der Waals surface area contributed by atoms with Gasteiger partial charge in [-0.25, -0.2) is 15.0 Å². The van der Waals surface area contributed by atoms with Crippen molar-refractivity contribution in [2.24, 2.45) is 0 Å². The van der Waals surface area contributed by atoms with Gasteiger partial charge in [0.15, 0.2) is 23.1 Å². The molecular weight excluding hydrogens is 689 g/mol. The van der Waals surface area contributed by atoms with E-state index in [9.17, 15) is 0 Å². The molecule has 262 valence electrons.